The van der Waals surface area contributed by atoms with Crippen LogP contribution in [0.25, 0.3) is 10.8 Å². The molecule has 1 aliphatic carbocycles. The normalized spacial score (nSPS) is 22.3. The Labute approximate surface area is 162 Å². The maximum absolute atomic E-state index is 12.7. The lowest BCUT2D eigenvalue weighted by Gasteiger charge is -2.30. The first-order valence-electron chi connectivity index (χ1n) is 10.2. The lowest BCUT2D eigenvalue weighted by molar-refractivity contribution is -0.127. The summed E-state index contributed by atoms with van der Waals surface area (Å²) in [5.41, 5.74) is 1.14. The number of nitrogens with one attached hydrogen (secondary N) is 2. The first-order valence-corrected chi connectivity index (χ1v) is 10.2. The van der Waals surface area contributed by atoms with Crippen LogP contribution in [0, 0.1) is 11.8 Å². The SMILES string of the molecule is CNCC1CCC(C(=O)N[C@H](Cc2ccc3ccccc3c2)C(C)O)CC1. The molecule has 2 aromatic rings. The van der Waals surface area contributed by atoms with Crippen molar-refractivity contribution in [3.05, 3.63) is 48.0 Å². The fourth-order valence-electron chi connectivity index (χ4n) is 4.18. The summed E-state index contributed by atoms with van der Waals surface area (Å²) in [5.74, 6) is 0.866. The average Bonchev–Trinajstić information content (AvgIpc) is 2.68. The van der Waals surface area contributed by atoms with E-state index < -0.39 is 6.10 Å². The molecule has 1 amide bonds. The molecule has 0 radical (unpaired) electrons. The zero-order valence-electron chi connectivity index (χ0n) is 16.4. The fraction of sp³-hybridized carbons (Fsp3) is 0.522. The van der Waals surface area contributed by atoms with Crippen LogP contribution in [0.3, 0.4) is 0 Å². The van der Waals surface area contributed by atoms with E-state index in [2.05, 4.69) is 41.0 Å². The summed E-state index contributed by atoms with van der Waals surface area (Å²) in [6, 6.07) is 14.3. The van der Waals surface area contributed by atoms with E-state index in [0.29, 0.717) is 12.3 Å². The van der Waals surface area contributed by atoms with Crippen LogP contribution >= 0.6 is 0 Å². The number of aliphatic hydroxyl groups excluding tert-OH is 1. The first-order chi connectivity index (χ1) is 13.1. The average molecular weight is 369 g/mol. The highest BCUT2D eigenvalue weighted by Crippen LogP contribution is 2.28. The number of amides is 1. The minimum absolute atomic E-state index is 0.0796. The zero-order chi connectivity index (χ0) is 19.2. The van der Waals surface area contributed by atoms with Gasteiger partial charge in [-0.3, -0.25) is 4.79 Å². The summed E-state index contributed by atoms with van der Waals surface area (Å²) in [6.07, 6.45) is 4.15. The van der Waals surface area contributed by atoms with Gasteiger partial charge in [0.05, 0.1) is 12.1 Å². The van der Waals surface area contributed by atoms with Crippen LogP contribution in [0.15, 0.2) is 42.5 Å². The topological polar surface area (TPSA) is 61.4 Å². The maximum Gasteiger partial charge on any atom is 0.223 e. The molecule has 0 saturated heterocycles. The molecule has 1 aliphatic rings. The Balaban J connectivity index is 1.60. The van der Waals surface area contributed by atoms with Gasteiger partial charge in [0, 0.05) is 5.92 Å². The van der Waals surface area contributed by atoms with Crippen LogP contribution < -0.4 is 10.6 Å². The second-order valence-electron chi connectivity index (χ2n) is 8.02. The molecule has 2 atom stereocenters. The Kier molecular flexibility index (Phi) is 6.86. The van der Waals surface area contributed by atoms with Crippen molar-refractivity contribution in [2.75, 3.05) is 13.6 Å². The van der Waals surface area contributed by atoms with Crippen LogP contribution in [-0.2, 0) is 11.2 Å². The predicted octanol–water partition coefficient (Wildman–Crippen LogP) is 3.27. The largest absolute Gasteiger partial charge is 0.391 e. The number of benzene rings is 2. The lowest BCUT2D eigenvalue weighted by atomic mass is 9.81. The fourth-order valence-corrected chi connectivity index (χ4v) is 4.18. The maximum atomic E-state index is 12.7. The van der Waals surface area contributed by atoms with Crippen molar-refractivity contribution in [2.24, 2.45) is 11.8 Å². The molecule has 0 bridgehead atoms. The minimum atomic E-state index is -0.582. The van der Waals surface area contributed by atoms with E-state index in [1.54, 1.807) is 6.92 Å². The van der Waals surface area contributed by atoms with E-state index in [0.717, 1.165) is 37.8 Å². The van der Waals surface area contributed by atoms with Gasteiger partial charge in [-0.05, 0) is 74.9 Å². The van der Waals surface area contributed by atoms with Crippen LogP contribution in [-0.4, -0.2) is 36.8 Å². The van der Waals surface area contributed by atoms with Gasteiger partial charge in [-0.15, -0.1) is 0 Å². The van der Waals surface area contributed by atoms with E-state index >= 15 is 0 Å². The third kappa shape index (κ3) is 5.30. The summed E-state index contributed by atoms with van der Waals surface area (Å²) < 4.78 is 0. The molecular formula is C23H32N2O2. The van der Waals surface area contributed by atoms with Crippen LogP contribution in [0.5, 0.6) is 0 Å². The molecule has 1 unspecified atom stereocenters. The highest BCUT2D eigenvalue weighted by molar-refractivity contribution is 5.83. The standard InChI is InChI=1S/C23H32N2O2/c1-16(26)22(14-18-9-10-19-5-3-4-6-21(19)13-18)25-23(27)20-11-7-17(8-12-20)15-24-2/h3-6,9-10,13,16-17,20,22,24,26H,7-8,11-12,14-15H2,1-2H3,(H,25,27)/t16?,17?,20?,22-/m1/s1. The number of fused-ring (bicyclic) bond motifs is 1. The molecule has 0 aliphatic heterocycles. The quantitative estimate of drug-likeness (QED) is 0.703. The van der Waals surface area contributed by atoms with Crippen molar-refractivity contribution >= 4 is 16.7 Å². The van der Waals surface area contributed by atoms with Crippen molar-refractivity contribution in [1.82, 2.24) is 10.6 Å². The summed E-state index contributed by atoms with van der Waals surface area (Å²) in [4.78, 5) is 12.7. The smallest absolute Gasteiger partial charge is 0.223 e. The van der Waals surface area contributed by atoms with E-state index in [9.17, 15) is 9.90 Å². The Hall–Kier alpha value is -1.91. The molecule has 0 heterocycles. The van der Waals surface area contributed by atoms with E-state index in [1.165, 1.54) is 10.8 Å². The number of carbonyl (C=O) groups is 1. The number of carbonyl (C=O) groups excluding carboxylic acids is 1. The monoisotopic (exact) mass is 368 g/mol. The number of hydrogen-bond donors (Lipinski definition) is 3. The van der Waals surface area contributed by atoms with Crippen molar-refractivity contribution in [2.45, 2.75) is 51.2 Å². The Morgan fingerprint density at radius 3 is 2.48 bits per heavy atom. The second-order valence-corrected chi connectivity index (χ2v) is 8.02. The van der Waals surface area contributed by atoms with Gasteiger partial charge in [-0.1, -0.05) is 42.5 Å². The van der Waals surface area contributed by atoms with Gasteiger partial charge in [0.15, 0.2) is 0 Å². The molecule has 4 nitrogen and oxygen atoms in total. The van der Waals surface area contributed by atoms with E-state index in [-0.39, 0.29) is 17.9 Å². The van der Waals surface area contributed by atoms with Gasteiger partial charge in [0.2, 0.25) is 5.91 Å². The highest BCUT2D eigenvalue weighted by Gasteiger charge is 2.28. The van der Waals surface area contributed by atoms with Crippen molar-refractivity contribution in [1.29, 1.82) is 0 Å². The summed E-state index contributed by atoms with van der Waals surface area (Å²) in [6.45, 7) is 2.79. The molecule has 0 aromatic heterocycles. The molecule has 1 fully saturated rings. The molecular weight excluding hydrogens is 336 g/mol. The number of aliphatic hydroxyl groups is 1. The Morgan fingerprint density at radius 1 is 1.11 bits per heavy atom. The van der Waals surface area contributed by atoms with Crippen molar-refractivity contribution in [3.8, 4) is 0 Å². The summed E-state index contributed by atoms with van der Waals surface area (Å²) in [5, 5.41) is 19.0. The van der Waals surface area contributed by atoms with Crippen LogP contribution in [0.1, 0.15) is 38.2 Å². The van der Waals surface area contributed by atoms with Crippen molar-refractivity contribution in [3.63, 3.8) is 0 Å². The van der Waals surface area contributed by atoms with Gasteiger partial charge in [0.25, 0.3) is 0 Å². The van der Waals surface area contributed by atoms with Gasteiger partial charge >= 0.3 is 0 Å². The molecule has 3 rings (SSSR count). The van der Waals surface area contributed by atoms with Gasteiger partial charge in [0.1, 0.15) is 0 Å². The minimum Gasteiger partial charge on any atom is -0.391 e. The van der Waals surface area contributed by atoms with Gasteiger partial charge in [-0.25, -0.2) is 0 Å². The van der Waals surface area contributed by atoms with Gasteiger partial charge in [-0.2, -0.15) is 0 Å². The van der Waals surface area contributed by atoms with Crippen LogP contribution in [0.4, 0.5) is 0 Å². The van der Waals surface area contributed by atoms with Crippen LogP contribution in [0.2, 0.25) is 0 Å². The third-order valence-electron chi connectivity index (χ3n) is 5.89. The molecule has 0 spiro atoms. The third-order valence-corrected chi connectivity index (χ3v) is 5.89. The van der Waals surface area contributed by atoms with Crippen molar-refractivity contribution < 1.29 is 9.90 Å². The zero-order valence-corrected chi connectivity index (χ0v) is 16.4. The van der Waals surface area contributed by atoms with Gasteiger partial charge < -0.3 is 15.7 Å². The van der Waals surface area contributed by atoms with E-state index in [4.69, 9.17) is 0 Å². The molecule has 2 aromatic carbocycles. The highest BCUT2D eigenvalue weighted by atomic mass is 16.3. The molecule has 1 saturated carbocycles. The Bertz CT molecular complexity index is 751. The second kappa shape index (κ2) is 9.34. The first kappa shape index (κ1) is 19.8. The lowest BCUT2D eigenvalue weighted by Crippen LogP contribution is -2.46. The molecule has 146 valence electrons. The number of rotatable bonds is 7. The molecule has 3 N–H and O–H groups in total. The summed E-state index contributed by atoms with van der Waals surface area (Å²) >= 11 is 0. The summed E-state index contributed by atoms with van der Waals surface area (Å²) in [7, 11) is 1.98. The predicted molar refractivity (Wildman–Crippen MR) is 111 cm³/mol. The molecule has 4 heteroatoms. The number of hydrogen-bond acceptors (Lipinski definition) is 3. The molecule has 27 heavy (non-hydrogen) atoms. The van der Waals surface area contributed by atoms with E-state index in [1.807, 2.05) is 19.2 Å². The Morgan fingerprint density at radius 2 is 1.81 bits per heavy atom.